The molecule has 1 aliphatic heterocycles. The molecule has 2 aromatic rings. The molecule has 162 valence electrons. The standard InChI is InChI=1S/C24H26F2N4O/c1-15-11-24(12-15,22(28)29(3)14-27)16-6-4-7-17(10-16)30-13-19-18(21(30)31)8-5-9-20(19)23(2,25)26/h4-10,14-15,27-28H,11-13H2,1-3H3. The molecule has 0 aromatic heterocycles. The third kappa shape index (κ3) is 3.32. The number of alkyl halides is 2. The highest BCUT2D eigenvalue weighted by molar-refractivity contribution is 6.10. The molecule has 2 aromatic carbocycles. The van der Waals surface area contributed by atoms with E-state index in [0.717, 1.165) is 31.7 Å². The van der Waals surface area contributed by atoms with Crippen LogP contribution in [0.25, 0.3) is 0 Å². The summed E-state index contributed by atoms with van der Waals surface area (Å²) in [5.74, 6) is -2.51. The summed E-state index contributed by atoms with van der Waals surface area (Å²) in [7, 11) is 1.69. The van der Waals surface area contributed by atoms with Gasteiger partial charge in [-0.15, -0.1) is 0 Å². The van der Waals surface area contributed by atoms with Gasteiger partial charge >= 0.3 is 0 Å². The predicted molar refractivity (Wildman–Crippen MR) is 117 cm³/mol. The number of hydrogen-bond acceptors (Lipinski definition) is 3. The quantitative estimate of drug-likeness (QED) is 0.515. The van der Waals surface area contributed by atoms with E-state index in [1.54, 1.807) is 19.2 Å². The van der Waals surface area contributed by atoms with Crippen LogP contribution in [-0.4, -0.2) is 30.0 Å². The first-order valence-corrected chi connectivity index (χ1v) is 10.3. The van der Waals surface area contributed by atoms with Crippen molar-refractivity contribution in [1.82, 2.24) is 4.90 Å². The van der Waals surface area contributed by atoms with Crippen molar-refractivity contribution in [3.63, 3.8) is 0 Å². The van der Waals surface area contributed by atoms with Crippen LogP contribution >= 0.6 is 0 Å². The lowest BCUT2D eigenvalue weighted by molar-refractivity contribution is 0.0166. The summed E-state index contributed by atoms with van der Waals surface area (Å²) in [6.45, 7) is 3.08. The van der Waals surface area contributed by atoms with Gasteiger partial charge in [-0.2, -0.15) is 0 Å². The molecule has 1 aliphatic carbocycles. The molecule has 7 heteroatoms. The Balaban J connectivity index is 1.72. The van der Waals surface area contributed by atoms with Crippen LogP contribution in [0.3, 0.4) is 0 Å². The van der Waals surface area contributed by atoms with Crippen LogP contribution in [0.15, 0.2) is 42.5 Å². The zero-order valence-corrected chi connectivity index (χ0v) is 17.9. The average Bonchev–Trinajstić information content (AvgIpc) is 3.06. The summed E-state index contributed by atoms with van der Waals surface area (Å²) in [5, 5.41) is 16.2. The number of halogens is 2. The Morgan fingerprint density at radius 1 is 1.26 bits per heavy atom. The van der Waals surface area contributed by atoms with Gasteiger partial charge in [0.2, 0.25) is 0 Å². The summed E-state index contributed by atoms with van der Waals surface area (Å²) in [6, 6.07) is 12.0. The summed E-state index contributed by atoms with van der Waals surface area (Å²) >= 11 is 0. The smallest absolute Gasteiger partial charge is 0.270 e. The van der Waals surface area contributed by atoms with E-state index in [-0.39, 0.29) is 18.0 Å². The van der Waals surface area contributed by atoms with Gasteiger partial charge in [0, 0.05) is 30.8 Å². The molecule has 0 spiro atoms. The summed E-state index contributed by atoms with van der Waals surface area (Å²) in [6.07, 6.45) is 2.70. The minimum Gasteiger partial charge on any atom is -0.324 e. The minimum absolute atomic E-state index is 0.0957. The molecular weight excluding hydrogens is 398 g/mol. The number of anilines is 1. The van der Waals surface area contributed by atoms with Crippen LogP contribution in [0.1, 0.15) is 53.7 Å². The van der Waals surface area contributed by atoms with Crippen LogP contribution in [0.4, 0.5) is 14.5 Å². The van der Waals surface area contributed by atoms with Gasteiger partial charge in [-0.1, -0.05) is 31.2 Å². The van der Waals surface area contributed by atoms with E-state index < -0.39 is 11.3 Å². The van der Waals surface area contributed by atoms with Crippen molar-refractivity contribution in [1.29, 1.82) is 10.8 Å². The van der Waals surface area contributed by atoms with Gasteiger partial charge in [0.25, 0.3) is 11.8 Å². The molecule has 0 bridgehead atoms. The van der Waals surface area contributed by atoms with Crippen LogP contribution in [0.2, 0.25) is 0 Å². The van der Waals surface area contributed by atoms with Crippen LogP contribution in [-0.2, 0) is 17.9 Å². The van der Waals surface area contributed by atoms with Gasteiger partial charge in [-0.3, -0.25) is 15.6 Å². The number of amides is 1. The van der Waals surface area contributed by atoms with E-state index in [2.05, 4.69) is 6.92 Å². The Hall–Kier alpha value is -3.09. The number of rotatable bonds is 5. The van der Waals surface area contributed by atoms with Crippen molar-refractivity contribution in [2.24, 2.45) is 5.92 Å². The van der Waals surface area contributed by atoms with E-state index in [9.17, 15) is 13.6 Å². The molecule has 0 radical (unpaired) electrons. The van der Waals surface area contributed by atoms with Crippen LogP contribution in [0, 0.1) is 16.7 Å². The second kappa shape index (κ2) is 7.25. The summed E-state index contributed by atoms with van der Waals surface area (Å²) in [5.41, 5.74) is 1.59. The average molecular weight is 424 g/mol. The first kappa shape index (κ1) is 21.2. The number of hydrogen-bond donors (Lipinski definition) is 2. The molecule has 1 heterocycles. The van der Waals surface area contributed by atoms with Crippen molar-refractivity contribution in [2.45, 2.75) is 44.6 Å². The minimum atomic E-state index is -3.03. The maximum absolute atomic E-state index is 14.1. The maximum atomic E-state index is 14.1. The molecule has 1 saturated carbocycles. The lowest BCUT2D eigenvalue weighted by atomic mass is 9.58. The molecule has 0 unspecified atom stereocenters. The Morgan fingerprint density at radius 3 is 2.55 bits per heavy atom. The Kier molecular flexibility index (Phi) is 4.95. The molecule has 0 atom stereocenters. The van der Waals surface area contributed by atoms with Crippen molar-refractivity contribution in [3.05, 3.63) is 64.7 Å². The molecule has 1 amide bonds. The second-order valence-corrected chi connectivity index (χ2v) is 8.85. The molecule has 31 heavy (non-hydrogen) atoms. The first-order chi connectivity index (χ1) is 14.6. The fourth-order valence-electron chi connectivity index (χ4n) is 5.02. The lowest BCUT2D eigenvalue weighted by Crippen LogP contribution is -2.52. The summed E-state index contributed by atoms with van der Waals surface area (Å²) < 4.78 is 28.2. The van der Waals surface area contributed by atoms with Gasteiger partial charge in [0.05, 0.1) is 18.3 Å². The monoisotopic (exact) mass is 424 g/mol. The van der Waals surface area contributed by atoms with E-state index >= 15 is 0 Å². The van der Waals surface area contributed by atoms with E-state index in [1.165, 1.54) is 21.9 Å². The van der Waals surface area contributed by atoms with Crippen molar-refractivity contribution >= 4 is 23.8 Å². The number of benzene rings is 2. The van der Waals surface area contributed by atoms with Gasteiger partial charge in [-0.05, 0) is 48.1 Å². The molecule has 1 fully saturated rings. The SMILES string of the molecule is CC1CC(C(=N)N(C)C=N)(c2cccc(N3Cc4c(cccc4C(C)(F)F)C3=O)c2)C1. The second-order valence-electron chi connectivity index (χ2n) is 8.85. The number of carbonyl (C=O) groups is 1. The van der Waals surface area contributed by atoms with Gasteiger partial charge in [-0.25, -0.2) is 8.78 Å². The zero-order chi connectivity index (χ0) is 22.6. The number of likely N-dealkylation sites (N-methyl/N-ethyl adjacent to an activating group) is 1. The van der Waals surface area contributed by atoms with Crippen molar-refractivity contribution < 1.29 is 13.6 Å². The van der Waals surface area contributed by atoms with Gasteiger partial charge in [0.15, 0.2) is 0 Å². The van der Waals surface area contributed by atoms with Gasteiger partial charge in [0.1, 0.15) is 5.84 Å². The zero-order valence-electron chi connectivity index (χ0n) is 17.9. The maximum Gasteiger partial charge on any atom is 0.270 e. The Labute approximate surface area is 180 Å². The molecule has 4 rings (SSSR count). The van der Waals surface area contributed by atoms with E-state index in [0.29, 0.717) is 28.6 Å². The Bertz CT molecular complexity index is 1070. The topological polar surface area (TPSA) is 71.2 Å². The molecule has 0 saturated heterocycles. The van der Waals surface area contributed by atoms with E-state index in [4.69, 9.17) is 10.8 Å². The number of amidine groups is 1. The molecule has 2 aliphatic rings. The number of carbonyl (C=O) groups excluding carboxylic acids is 1. The third-order valence-electron chi connectivity index (χ3n) is 6.54. The Morgan fingerprint density at radius 2 is 1.94 bits per heavy atom. The van der Waals surface area contributed by atoms with Crippen LogP contribution in [0.5, 0.6) is 0 Å². The fraction of sp³-hybridized carbons (Fsp3) is 0.375. The van der Waals surface area contributed by atoms with Crippen molar-refractivity contribution in [3.8, 4) is 0 Å². The first-order valence-electron chi connectivity index (χ1n) is 10.3. The normalized spacial score (nSPS) is 22.7. The highest BCUT2D eigenvalue weighted by Crippen LogP contribution is 2.49. The number of nitrogens with one attached hydrogen (secondary N) is 2. The van der Waals surface area contributed by atoms with Gasteiger partial charge < -0.3 is 9.80 Å². The van der Waals surface area contributed by atoms with Crippen molar-refractivity contribution in [2.75, 3.05) is 11.9 Å². The predicted octanol–water partition coefficient (Wildman–Crippen LogP) is 5.14. The molecular formula is C24H26F2N4O. The summed E-state index contributed by atoms with van der Waals surface area (Å²) in [4.78, 5) is 16.1. The third-order valence-corrected chi connectivity index (χ3v) is 6.54. The highest BCUT2D eigenvalue weighted by Gasteiger charge is 2.48. The number of nitrogens with zero attached hydrogens (tertiary/aromatic N) is 2. The molecule has 5 nitrogen and oxygen atoms in total. The fourth-order valence-corrected chi connectivity index (χ4v) is 5.02. The van der Waals surface area contributed by atoms with Crippen LogP contribution < -0.4 is 4.90 Å². The van der Waals surface area contributed by atoms with E-state index in [1.807, 2.05) is 18.2 Å². The number of fused-ring (bicyclic) bond motifs is 1. The highest BCUT2D eigenvalue weighted by atomic mass is 19.3. The lowest BCUT2D eigenvalue weighted by Gasteiger charge is -2.48. The molecule has 2 N–H and O–H groups in total. The largest absolute Gasteiger partial charge is 0.324 e.